The van der Waals surface area contributed by atoms with E-state index in [4.69, 9.17) is 4.74 Å². The van der Waals surface area contributed by atoms with E-state index in [0.29, 0.717) is 23.2 Å². The number of thiazole rings is 1. The van der Waals surface area contributed by atoms with E-state index in [1.54, 1.807) is 24.3 Å². The van der Waals surface area contributed by atoms with E-state index >= 15 is 0 Å². The molecule has 4 rings (SSSR count). The molecule has 1 aromatic heterocycles. The van der Waals surface area contributed by atoms with Gasteiger partial charge in [-0.25, -0.2) is 15.3 Å². The van der Waals surface area contributed by atoms with Gasteiger partial charge in [-0.3, -0.25) is 15.0 Å². The second kappa shape index (κ2) is 7.34. The quantitative estimate of drug-likeness (QED) is 0.504. The number of para-hydroxylation sites is 1. The molecule has 27 heavy (non-hydrogen) atoms. The summed E-state index contributed by atoms with van der Waals surface area (Å²) in [6.45, 7) is 2.46. The van der Waals surface area contributed by atoms with Crippen molar-refractivity contribution in [2.75, 3.05) is 16.9 Å². The van der Waals surface area contributed by atoms with E-state index in [-0.39, 0.29) is 18.2 Å². The van der Waals surface area contributed by atoms with Crippen LogP contribution in [0.3, 0.4) is 0 Å². The predicted octanol–water partition coefficient (Wildman–Crippen LogP) is 2.94. The maximum Gasteiger partial charge on any atom is 0.253 e. The summed E-state index contributed by atoms with van der Waals surface area (Å²) in [5, 5.41) is 0.649. The fourth-order valence-electron chi connectivity index (χ4n) is 2.95. The van der Waals surface area contributed by atoms with Crippen LogP contribution in [0.4, 0.5) is 10.8 Å². The molecule has 3 aromatic rings. The minimum absolute atomic E-state index is 0.0872. The number of nitrogens with zero attached hydrogens (tertiary/aromatic N) is 2. The van der Waals surface area contributed by atoms with Crippen molar-refractivity contribution < 1.29 is 14.3 Å². The van der Waals surface area contributed by atoms with Gasteiger partial charge in [-0.15, -0.1) is 0 Å². The molecule has 1 aliphatic heterocycles. The number of fused-ring (bicyclic) bond motifs is 1. The lowest BCUT2D eigenvalue weighted by atomic mass is 10.2. The summed E-state index contributed by atoms with van der Waals surface area (Å²) >= 11 is 1.48. The molecular formula is C19H18N4O3S. The van der Waals surface area contributed by atoms with Crippen LogP contribution in [0.5, 0.6) is 5.75 Å². The minimum atomic E-state index is -0.643. The Hall–Kier alpha value is -2.97. The van der Waals surface area contributed by atoms with Gasteiger partial charge in [-0.05, 0) is 43.3 Å². The molecule has 0 spiro atoms. The minimum Gasteiger partial charge on any atom is -0.494 e. The van der Waals surface area contributed by atoms with Crippen LogP contribution >= 0.6 is 11.3 Å². The van der Waals surface area contributed by atoms with Crippen molar-refractivity contribution in [1.29, 1.82) is 0 Å². The topological polar surface area (TPSA) is 83.6 Å². The van der Waals surface area contributed by atoms with Gasteiger partial charge in [0.25, 0.3) is 5.91 Å². The predicted molar refractivity (Wildman–Crippen MR) is 105 cm³/mol. The SMILES string of the molecule is CCOc1ccc(N2C(=O)C[C@H](NNc3nc4ccccc4s3)C2=O)cc1. The normalized spacial score (nSPS) is 16.9. The number of benzene rings is 2. The lowest BCUT2D eigenvalue weighted by molar-refractivity contribution is -0.121. The van der Waals surface area contributed by atoms with E-state index in [2.05, 4.69) is 15.8 Å². The third kappa shape index (κ3) is 3.49. The van der Waals surface area contributed by atoms with Crippen molar-refractivity contribution in [2.24, 2.45) is 0 Å². The van der Waals surface area contributed by atoms with Crippen LogP contribution in [0.2, 0.25) is 0 Å². The Bertz CT molecular complexity index is 953. The molecule has 2 amide bonds. The van der Waals surface area contributed by atoms with Crippen LogP contribution in [0.25, 0.3) is 10.2 Å². The molecule has 8 heteroatoms. The molecule has 0 radical (unpaired) electrons. The molecule has 2 N–H and O–H groups in total. The van der Waals surface area contributed by atoms with Crippen LogP contribution in [0, 0.1) is 0 Å². The van der Waals surface area contributed by atoms with Crippen LogP contribution < -0.4 is 20.5 Å². The fraction of sp³-hybridized carbons (Fsp3) is 0.211. The van der Waals surface area contributed by atoms with Crippen LogP contribution in [0.15, 0.2) is 48.5 Å². The maximum absolute atomic E-state index is 12.7. The van der Waals surface area contributed by atoms with E-state index in [0.717, 1.165) is 10.2 Å². The zero-order chi connectivity index (χ0) is 18.8. The number of hydrogen-bond acceptors (Lipinski definition) is 7. The Kier molecular flexibility index (Phi) is 4.74. The van der Waals surface area contributed by atoms with Gasteiger partial charge in [0.1, 0.15) is 11.8 Å². The van der Waals surface area contributed by atoms with E-state index in [1.807, 2.05) is 31.2 Å². The number of aromatic nitrogens is 1. The standard InChI is InChI=1S/C19H18N4O3S/c1-2-26-13-9-7-12(8-10-13)23-17(24)11-15(18(23)25)21-22-19-20-14-5-3-4-6-16(14)27-19/h3-10,15,21H,2,11H2,1H3,(H,20,22)/t15-/m0/s1. The molecule has 1 saturated heterocycles. The number of hydrazine groups is 1. The van der Waals surface area contributed by atoms with Gasteiger partial charge in [-0.1, -0.05) is 23.5 Å². The Balaban J connectivity index is 1.44. The lowest BCUT2D eigenvalue weighted by Gasteiger charge is -2.16. The molecule has 0 bridgehead atoms. The van der Waals surface area contributed by atoms with Crippen LogP contribution in [0.1, 0.15) is 13.3 Å². The van der Waals surface area contributed by atoms with E-state index in [1.165, 1.54) is 16.2 Å². The summed E-state index contributed by atoms with van der Waals surface area (Å²) in [5.41, 5.74) is 7.32. The number of ether oxygens (including phenoxy) is 1. The van der Waals surface area contributed by atoms with Crippen molar-refractivity contribution in [2.45, 2.75) is 19.4 Å². The molecule has 0 aliphatic carbocycles. The van der Waals surface area contributed by atoms with Crippen LogP contribution in [-0.2, 0) is 9.59 Å². The van der Waals surface area contributed by atoms with Gasteiger partial charge in [0, 0.05) is 0 Å². The lowest BCUT2D eigenvalue weighted by Crippen LogP contribution is -2.41. The molecular weight excluding hydrogens is 364 g/mol. The Morgan fingerprint density at radius 3 is 2.70 bits per heavy atom. The van der Waals surface area contributed by atoms with E-state index in [9.17, 15) is 9.59 Å². The number of anilines is 2. The zero-order valence-electron chi connectivity index (χ0n) is 14.6. The number of carbonyl (C=O) groups is 2. The average molecular weight is 382 g/mol. The molecule has 2 aromatic carbocycles. The zero-order valence-corrected chi connectivity index (χ0v) is 15.5. The number of rotatable bonds is 6. The fourth-order valence-corrected chi connectivity index (χ4v) is 3.78. The van der Waals surface area contributed by atoms with Gasteiger partial charge < -0.3 is 4.74 Å². The van der Waals surface area contributed by atoms with Gasteiger partial charge >= 0.3 is 0 Å². The Labute approximate surface area is 159 Å². The summed E-state index contributed by atoms with van der Waals surface area (Å²) in [4.78, 5) is 30.7. The first-order valence-electron chi connectivity index (χ1n) is 8.62. The summed E-state index contributed by atoms with van der Waals surface area (Å²) in [6.07, 6.45) is 0.0872. The highest BCUT2D eigenvalue weighted by Crippen LogP contribution is 2.27. The molecule has 138 valence electrons. The number of hydrogen-bond donors (Lipinski definition) is 2. The summed E-state index contributed by atoms with van der Waals surface area (Å²) < 4.78 is 6.44. The number of amides is 2. The molecule has 1 fully saturated rings. The maximum atomic E-state index is 12.7. The monoisotopic (exact) mass is 382 g/mol. The molecule has 1 aliphatic rings. The first kappa shape index (κ1) is 17.4. The third-order valence-electron chi connectivity index (χ3n) is 4.20. The smallest absolute Gasteiger partial charge is 0.253 e. The van der Waals surface area contributed by atoms with Gasteiger partial charge in [0.15, 0.2) is 5.13 Å². The molecule has 2 heterocycles. The highest BCUT2D eigenvalue weighted by molar-refractivity contribution is 7.22. The van der Waals surface area contributed by atoms with Crippen molar-refractivity contribution in [3.05, 3.63) is 48.5 Å². The van der Waals surface area contributed by atoms with E-state index < -0.39 is 6.04 Å². The largest absolute Gasteiger partial charge is 0.494 e. The molecule has 1 atom stereocenters. The second-order valence-corrected chi connectivity index (χ2v) is 7.04. The number of imide groups is 1. The molecule has 0 saturated carbocycles. The number of carbonyl (C=O) groups excluding carboxylic acids is 2. The van der Waals surface area contributed by atoms with Gasteiger partial charge in [0.05, 0.1) is 28.9 Å². The highest BCUT2D eigenvalue weighted by Gasteiger charge is 2.39. The van der Waals surface area contributed by atoms with Crippen molar-refractivity contribution in [3.8, 4) is 5.75 Å². The van der Waals surface area contributed by atoms with Gasteiger partial charge in [0.2, 0.25) is 5.91 Å². The second-order valence-electron chi connectivity index (χ2n) is 6.01. The Morgan fingerprint density at radius 1 is 1.19 bits per heavy atom. The molecule has 0 unspecified atom stereocenters. The van der Waals surface area contributed by atoms with Crippen molar-refractivity contribution in [1.82, 2.24) is 10.4 Å². The van der Waals surface area contributed by atoms with Crippen molar-refractivity contribution >= 4 is 44.2 Å². The highest BCUT2D eigenvalue weighted by atomic mass is 32.1. The number of nitrogens with one attached hydrogen (secondary N) is 2. The summed E-state index contributed by atoms with van der Waals surface area (Å²) in [6, 6.07) is 14.1. The molecule has 7 nitrogen and oxygen atoms in total. The first-order chi connectivity index (χ1) is 13.2. The summed E-state index contributed by atoms with van der Waals surface area (Å²) in [5.74, 6) is 0.165. The average Bonchev–Trinajstić information content (AvgIpc) is 3.21. The Morgan fingerprint density at radius 2 is 1.96 bits per heavy atom. The third-order valence-corrected chi connectivity index (χ3v) is 5.15. The van der Waals surface area contributed by atoms with Crippen LogP contribution in [-0.4, -0.2) is 29.4 Å². The van der Waals surface area contributed by atoms with Gasteiger partial charge in [-0.2, -0.15) is 0 Å². The summed E-state index contributed by atoms with van der Waals surface area (Å²) in [7, 11) is 0. The first-order valence-corrected chi connectivity index (χ1v) is 9.44. The van der Waals surface area contributed by atoms with Crippen molar-refractivity contribution in [3.63, 3.8) is 0 Å².